The van der Waals surface area contributed by atoms with Crippen molar-refractivity contribution in [2.24, 2.45) is 5.84 Å². The molecule has 15 heavy (non-hydrogen) atoms. The average Bonchev–Trinajstić information content (AvgIpc) is 2.70. The normalized spacial score (nSPS) is 9.87. The molecule has 1 aromatic heterocycles. The van der Waals surface area contributed by atoms with Crippen molar-refractivity contribution >= 4 is 17.1 Å². The zero-order chi connectivity index (χ0) is 10.8. The zero-order valence-electron chi connectivity index (χ0n) is 7.84. The van der Waals surface area contributed by atoms with E-state index in [1.807, 2.05) is 18.2 Å². The van der Waals surface area contributed by atoms with Crippen molar-refractivity contribution in [3.8, 4) is 6.07 Å². The largest absolute Gasteiger partial charge is 0.422 e. The summed E-state index contributed by atoms with van der Waals surface area (Å²) in [5, 5.41) is 9.61. The van der Waals surface area contributed by atoms with E-state index in [2.05, 4.69) is 11.6 Å². The van der Waals surface area contributed by atoms with Gasteiger partial charge < -0.3 is 4.42 Å². The number of anilines is 1. The number of rotatable bonds is 2. The molecule has 2 N–H and O–H groups in total. The molecule has 0 atom stereocenters. The summed E-state index contributed by atoms with van der Waals surface area (Å²) >= 11 is 0. The summed E-state index contributed by atoms with van der Waals surface area (Å²) in [6.45, 7) is 3.46. The number of allylic oxidation sites excluding steroid dienone is 1. The van der Waals surface area contributed by atoms with E-state index in [0.29, 0.717) is 11.1 Å². The summed E-state index contributed by atoms with van der Waals surface area (Å²) in [6.07, 6.45) is 0. The Balaban J connectivity index is 2.46. The first-order valence-corrected chi connectivity index (χ1v) is 4.22. The minimum atomic E-state index is 0.0709. The molecule has 0 saturated heterocycles. The van der Waals surface area contributed by atoms with Crippen LogP contribution in [0.5, 0.6) is 0 Å². The van der Waals surface area contributed by atoms with E-state index in [1.165, 1.54) is 0 Å². The van der Waals surface area contributed by atoms with Crippen LogP contribution >= 0.6 is 0 Å². The first kappa shape index (κ1) is 9.24. The highest BCUT2D eigenvalue weighted by molar-refractivity contribution is 5.74. The van der Waals surface area contributed by atoms with Crippen LogP contribution in [0.25, 0.3) is 11.1 Å². The number of aromatic nitrogens is 1. The maximum atomic E-state index is 8.60. The van der Waals surface area contributed by atoms with Gasteiger partial charge in [0.25, 0.3) is 0 Å². The van der Waals surface area contributed by atoms with Gasteiger partial charge in [-0.15, -0.1) is 0 Å². The molecule has 1 aromatic carbocycles. The molecule has 0 bridgehead atoms. The quantitative estimate of drug-likeness (QED) is 0.452. The predicted molar refractivity (Wildman–Crippen MR) is 55.4 cm³/mol. The van der Waals surface area contributed by atoms with Gasteiger partial charge in [0.1, 0.15) is 17.3 Å². The van der Waals surface area contributed by atoms with Crippen molar-refractivity contribution in [2.45, 2.75) is 0 Å². The lowest BCUT2D eigenvalue weighted by molar-refractivity contribution is 0.591. The fourth-order valence-corrected chi connectivity index (χ4v) is 1.13. The highest BCUT2D eigenvalue weighted by Gasteiger charge is 2.12. The first-order valence-electron chi connectivity index (χ1n) is 4.22. The van der Waals surface area contributed by atoms with Gasteiger partial charge in [-0.3, -0.25) is 0 Å². The summed E-state index contributed by atoms with van der Waals surface area (Å²) in [5.74, 6) is 5.57. The van der Waals surface area contributed by atoms with E-state index in [4.69, 9.17) is 15.5 Å². The van der Waals surface area contributed by atoms with Gasteiger partial charge in [0.15, 0.2) is 5.58 Å². The fraction of sp³-hybridized carbons (Fsp3) is 0. The number of nitrogens with zero attached hydrogens (tertiary/aromatic N) is 3. The molecule has 0 amide bonds. The van der Waals surface area contributed by atoms with Crippen molar-refractivity contribution in [3.05, 3.63) is 36.5 Å². The molecule has 74 valence electrons. The zero-order valence-corrected chi connectivity index (χ0v) is 7.84. The van der Waals surface area contributed by atoms with E-state index >= 15 is 0 Å². The molecular formula is C10H8N4O. The van der Waals surface area contributed by atoms with Gasteiger partial charge in [-0.1, -0.05) is 18.7 Å². The SMILES string of the molecule is C=C(C#N)N(N)c1nc2ccccc2o1. The van der Waals surface area contributed by atoms with Gasteiger partial charge in [0, 0.05) is 0 Å². The van der Waals surface area contributed by atoms with Gasteiger partial charge in [-0.05, 0) is 12.1 Å². The monoisotopic (exact) mass is 200 g/mol. The fourth-order valence-electron chi connectivity index (χ4n) is 1.13. The van der Waals surface area contributed by atoms with E-state index < -0.39 is 0 Å². The molecule has 1 heterocycles. The maximum Gasteiger partial charge on any atom is 0.318 e. The van der Waals surface area contributed by atoms with Gasteiger partial charge in [-0.2, -0.15) is 10.2 Å². The highest BCUT2D eigenvalue weighted by Crippen LogP contribution is 2.21. The Morgan fingerprint density at radius 2 is 2.27 bits per heavy atom. The molecular weight excluding hydrogens is 192 g/mol. The van der Waals surface area contributed by atoms with Gasteiger partial charge in [0.2, 0.25) is 0 Å². The molecule has 5 nitrogen and oxygen atoms in total. The molecule has 2 aromatic rings. The van der Waals surface area contributed by atoms with Gasteiger partial charge in [-0.25, -0.2) is 10.9 Å². The Kier molecular flexibility index (Phi) is 2.12. The molecule has 0 unspecified atom stereocenters. The maximum absolute atomic E-state index is 8.60. The van der Waals surface area contributed by atoms with Crippen LogP contribution in [0.2, 0.25) is 0 Å². The number of hydrazine groups is 1. The van der Waals surface area contributed by atoms with E-state index in [0.717, 1.165) is 5.01 Å². The first-order chi connectivity index (χ1) is 7.22. The molecule has 0 aliphatic carbocycles. The second-order valence-corrected chi connectivity index (χ2v) is 2.89. The Morgan fingerprint density at radius 1 is 1.53 bits per heavy atom. The molecule has 0 spiro atoms. The summed E-state index contributed by atoms with van der Waals surface area (Å²) in [4.78, 5) is 4.10. The van der Waals surface area contributed by atoms with Crippen LogP contribution in [0, 0.1) is 11.3 Å². The van der Waals surface area contributed by atoms with Crippen LogP contribution < -0.4 is 10.9 Å². The van der Waals surface area contributed by atoms with Gasteiger partial charge in [0.05, 0.1) is 0 Å². The third-order valence-corrected chi connectivity index (χ3v) is 1.91. The van der Waals surface area contributed by atoms with Crippen molar-refractivity contribution in [2.75, 3.05) is 5.01 Å². The lowest BCUT2D eigenvalue weighted by atomic mass is 10.3. The Bertz CT molecular complexity index is 519. The minimum Gasteiger partial charge on any atom is -0.422 e. The van der Waals surface area contributed by atoms with Crippen LogP contribution in [0.3, 0.4) is 0 Å². The number of nitriles is 1. The van der Waals surface area contributed by atoms with Crippen LogP contribution in [0.4, 0.5) is 6.01 Å². The predicted octanol–water partition coefficient (Wildman–Crippen LogP) is 1.55. The number of benzene rings is 1. The number of hydrogen-bond donors (Lipinski definition) is 1. The number of nitrogens with two attached hydrogens (primary N) is 1. The highest BCUT2D eigenvalue weighted by atomic mass is 16.4. The van der Waals surface area contributed by atoms with E-state index in [1.54, 1.807) is 12.1 Å². The number of oxazole rings is 1. The number of fused-ring (bicyclic) bond motifs is 1. The van der Waals surface area contributed by atoms with E-state index in [9.17, 15) is 0 Å². The lowest BCUT2D eigenvalue weighted by Crippen LogP contribution is -2.28. The number of para-hydroxylation sites is 2. The Hall–Kier alpha value is -2.32. The number of hydrogen-bond acceptors (Lipinski definition) is 5. The lowest BCUT2D eigenvalue weighted by Gasteiger charge is -2.09. The summed E-state index contributed by atoms with van der Waals surface area (Å²) in [5.41, 5.74) is 1.38. The van der Waals surface area contributed by atoms with Crippen LogP contribution in [0.1, 0.15) is 0 Å². The third kappa shape index (κ3) is 1.54. The molecule has 0 aliphatic rings. The minimum absolute atomic E-state index is 0.0709. The van der Waals surface area contributed by atoms with Crippen LogP contribution in [-0.2, 0) is 0 Å². The van der Waals surface area contributed by atoms with Crippen molar-refractivity contribution in [3.63, 3.8) is 0 Å². The summed E-state index contributed by atoms with van der Waals surface area (Å²) in [7, 11) is 0. The molecule has 2 rings (SSSR count). The molecule has 0 radical (unpaired) electrons. The van der Waals surface area contributed by atoms with Crippen LogP contribution in [0.15, 0.2) is 41.0 Å². The van der Waals surface area contributed by atoms with E-state index in [-0.39, 0.29) is 11.7 Å². The molecule has 0 aliphatic heterocycles. The third-order valence-electron chi connectivity index (χ3n) is 1.91. The Labute approximate surface area is 86.0 Å². The summed E-state index contributed by atoms with van der Waals surface area (Å²) < 4.78 is 5.33. The standard InChI is InChI=1S/C10H8N4O/c1-7(6-11)14(12)10-13-8-4-2-3-5-9(8)15-10/h2-5H,1,12H2. The summed E-state index contributed by atoms with van der Waals surface area (Å²) in [6, 6.07) is 9.21. The Morgan fingerprint density at radius 3 is 2.93 bits per heavy atom. The second-order valence-electron chi connectivity index (χ2n) is 2.89. The second kappa shape index (κ2) is 3.44. The van der Waals surface area contributed by atoms with Crippen LogP contribution in [-0.4, -0.2) is 4.98 Å². The van der Waals surface area contributed by atoms with Crippen molar-refractivity contribution in [1.82, 2.24) is 4.98 Å². The van der Waals surface area contributed by atoms with Crippen molar-refractivity contribution < 1.29 is 4.42 Å². The topological polar surface area (TPSA) is 79.1 Å². The van der Waals surface area contributed by atoms with Crippen molar-refractivity contribution in [1.29, 1.82) is 5.26 Å². The average molecular weight is 200 g/mol. The molecule has 5 heteroatoms. The molecule has 0 saturated carbocycles. The van der Waals surface area contributed by atoms with Gasteiger partial charge >= 0.3 is 6.01 Å². The molecule has 0 fully saturated rings. The smallest absolute Gasteiger partial charge is 0.318 e.